The third-order valence-electron chi connectivity index (χ3n) is 11.7. The molecule has 0 unspecified atom stereocenters. The quantitative estimate of drug-likeness (QED) is 0.0828. The molecule has 0 bridgehead atoms. The zero-order chi connectivity index (χ0) is 58.2. The number of rotatable bonds is 25. The second kappa shape index (κ2) is 28.8. The molecule has 3 rings (SSSR count). The van der Waals surface area contributed by atoms with Gasteiger partial charge in [-0.2, -0.15) is 0 Å². The number of hydrogen-bond acceptors (Lipinski definition) is 24. The monoisotopic (exact) mass is 1110 g/mol. The van der Waals surface area contributed by atoms with Crippen LogP contribution in [0.15, 0.2) is 30.3 Å². The minimum Gasteiger partial charge on any atom is -0.465 e. The molecule has 430 valence electrons. The van der Waals surface area contributed by atoms with E-state index >= 15 is 0 Å². The van der Waals surface area contributed by atoms with E-state index in [2.05, 4.69) is 5.32 Å². The van der Waals surface area contributed by atoms with Gasteiger partial charge in [-0.3, -0.25) is 48.1 Å². The predicted octanol–water partition coefficient (Wildman–Crippen LogP) is 1.75. The molecule has 26 nitrogen and oxygen atoms in total. The van der Waals surface area contributed by atoms with Crippen LogP contribution in [0.1, 0.15) is 80.7 Å². The smallest absolute Gasteiger partial charge is 0.366 e. The Morgan fingerprint density at radius 1 is 0.636 bits per heavy atom. The van der Waals surface area contributed by atoms with Crippen LogP contribution in [0.2, 0.25) is 25.7 Å². The summed E-state index contributed by atoms with van der Waals surface area (Å²) in [7, 11) is -0.0264. The van der Waals surface area contributed by atoms with Crippen LogP contribution >= 0.6 is 0 Å². The highest BCUT2D eigenvalue weighted by Gasteiger charge is 2.64. The first-order valence-electron chi connectivity index (χ1n) is 24.4. The lowest BCUT2D eigenvalue weighted by molar-refractivity contribution is -0.351. The molecule has 77 heavy (non-hydrogen) atoms. The number of amides is 3. The van der Waals surface area contributed by atoms with Crippen molar-refractivity contribution < 1.29 is 114 Å². The first-order chi connectivity index (χ1) is 35.9. The fraction of sp³-hybridized carbons (Fsp3) is 0.660. The summed E-state index contributed by atoms with van der Waals surface area (Å²) in [4.78, 5) is 148. The summed E-state index contributed by atoms with van der Waals surface area (Å²) >= 11 is 0. The Balaban J connectivity index is 2.60. The van der Waals surface area contributed by atoms with Crippen molar-refractivity contribution in [3.05, 3.63) is 35.9 Å². The SMILES string of the molecule is COC(=O)[C@@]1(O[C@H](COCc2ccccc2)[C@@H](OC(C)=O)[C@@H]2O[C@@](OCC[Si](C)(C)C)(C(=O)OC)C[C@H](OC(C)=O)[C@H]2NC(C)=O)C[C@H](OC(C)=O)[C@@H](N(C(C)=O)C(C)=O)[C@H]([C@H](OC(C)=O)[C@@H](COC(C)=O)OC(C)=O)O1. The largest absolute Gasteiger partial charge is 0.465 e. The number of imide groups is 1. The molecule has 0 aromatic heterocycles. The highest BCUT2D eigenvalue weighted by atomic mass is 28.3. The molecular formula is C50H72N2O24Si. The number of carbonyl (C=O) groups is 11. The number of carbonyl (C=O) groups excluding carboxylic acids is 11. The molecule has 0 radical (unpaired) electrons. The van der Waals surface area contributed by atoms with Crippen LogP contribution in [0.4, 0.5) is 0 Å². The van der Waals surface area contributed by atoms with Gasteiger partial charge in [-0.05, 0) is 11.6 Å². The molecule has 2 saturated heterocycles. The maximum Gasteiger partial charge on any atom is 0.366 e. The van der Waals surface area contributed by atoms with Crippen molar-refractivity contribution in [2.24, 2.45) is 0 Å². The van der Waals surface area contributed by atoms with Crippen LogP contribution in [0, 0.1) is 0 Å². The topological polar surface area (TPSA) is 323 Å². The summed E-state index contributed by atoms with van der Waals surface area (Å²) < 4.78 is 77.1. The third-order valence-corrected chi connectivity index (χ3v) is 13.4. The number of benzene rings is 1. The van der Waals surface area contributed by atoms with Crippen LogP contribution in [-0.2, 0) is 121 Å². The lowest BCUT2D eigenvalue weighted by Crippen LogP contribution is -2.72. The Hall–Kier alpha value is -6.39. The van der Waals surface area contributed by atoms with E-state index in [0.29, 0.717) is 16.5 Å². The number of nitrogens with zero attached hydrogens (tertiary/aromatic N) is 1. The summed E-state index contributed by atoms with van der Waals surface area (Å²) in [5.41, 5.74) is 0.576. The number of ether oxygens (including phenoxy) is 13. The molecule has 2 fully saturated rings. The molecule has 1 aromatic rings. The van der Waals surface area contributed by atoms with Gasteiger partial charge in [0.15, 0.2) is 18.3 Å². The summed E-state index contributed by atoms with van der Waals surface area (Å²) in [6.45, 7) is 12.9. The number of methoxy groups -OCH3 is 2. The van der Waals surface area contributed by atoms with E-state index in [-0.39, 0.29) is 13.2 Å². The van der Waals surface area contributed by atoms with Gasteiger partial charge in [0, 0.05) is 77.0 Å². The van der Waals surface area contributed by atoms with E-state index in [1.165, 1.54) is 0 Å². The van der Waals surface area contributed by atoms with Gasteiger partial charge in [-0.1, -0.05) is 50.0 Å². The average Bonchev–Trinajstić information content (AvgIpc) is 3.30. The van der Waals surface area contributed by atoms with Crippen molar-refractivity contribution in [1.82, 2.24) is 10.2 Å². The van der Waals surface area contributed by atoms with Gasteiger partial charge < -0.3 is 66.9 Å². The van der Waals surface area contributed by atoms with Gasteiger partial charge >= 0.3 is 47.8 Å². The summed E-state index contributed by atoms with van der Waals surface area (Å²) in [5, 5.41) is 2.65. The summed E-state index contributed by atoms with van der Waals surface area (Å²) in [6.07, 6.45) is -17.3. The second-order valence-corrected chi connectivity index (χ2v) is 25.0. The van der Waals surface area contributed by atoms with E-state index < -0.39 is 172 Å². The van der Waals surface area contributed by atoms with Crippen LogP contribution in [0.25, 0.3) is 0 Å². The molecule has 2 aliphatic heterocycles. The van der Waals surface area contributed by atoms with Gasteiger partial charge in [0.1, 0.15) is 43.2 Å². The number of esters is 8. The molecule has 12 atom stereocenters. The lowest BCUT2D eigenvalue weighted by atomic mass is 9.86. The van der Waals surface area contributed by atoms with Crippen molar-refractivity contribution in [2.45, 2.75) is 180 Å². The molecule has 0 spiro atoms. The van der Waals surface area contributed by atoms with Crippen LogP contribution in [-0.4, -0.2) is 185 Å². The summed E-state index contributed by atoms with van der Waals surface area (Å²) in [5.74, 6) is -17.1. The van der Waals surface area contributed by atoms with Crippen molar-refractivity contribution in [1.29, 1.82) is 0 Å². The van der Waals surface area contributed by atoms with E-state index in [1.807, 2.05) is 19.6 Å². The molecule has 2 heterocycles. The first-order valence-corrected chi connectivity index (χ1v) is 28.1. The Labute approximate surface area is 446 Å². The van der Waals surface area contributed by atoms with Gasteiger partial charge in [0.05, 0.1) is 46.3 Å². The zero-order valence-electron chi connectivity index (χ0n) is 45.9. The minimum absolute atomic E-state index is 0.125. The third kappa shape index (κ3) is 18.9. The molecule has 3 amide bonds. The Bertz CT molecular complexity index is 2280. The molecule has 2 aliphatic rings. The fourth-order valence-electron chi connectivity index (χ4n) is 8.81. The van der Waals surface area contributed by atoms with Crippen LogP contribution < -0.4 is 5.32 Å². The second-order valence-electron chi connectivity index (χ2n) is 19.4. The average molecular weight is 1110 g/mol. The van der Waals surface area contributed by atoms with Crippen molar-refractivity contribution in [2.75, 3.05) is 34.0 Å². The Kier molecular flexibility index (Phi) is 24.3. The van der Waals surface area contributed by atoms with Crippen molar-refractivity contribution in [3.63, 3.8) is 0 Å². The maximum atomic E-state index is 14.9. The normalized spacial score (nSPS) is 24.6. The van der Waals surface area contributed by atoms with Gasteiger partial charge in [0.2, 0.25) is 17.7 Å². The van der Waals surface area contributed by atoms with Crippen LogP contribution in [0.5, 0.6) is 0 Å². The van der Waals surface area contributed by atoms with Crippen LogP contribution in [0.3, 0.4) is 0 Å². The lowest BCUT2D eigenvalue weighted by Gasteiger charge is -2.52. The molecule has 1 aromatic carbocycles. The zero-order valence-corrected chi connectivity index (χ0v) is 46.9. The van der Waals surface area contributed by atoms with Crippen molar-refractivity contribution >= 4 is 73.5 Å². The van der Waals surface area contributed by atoms with Crippen molar-refractivity contribution in [3.8, 4) is 0 Å². The van der Waals surface area contributed by atoms with E-state index in [1.54, 1.807) is 30.3 Å². The number of hydrogen-bond donors (Lipinski definition) is 1. The number of nitrogens with one attached hydrogen (secondary N) is 1. The first kappa shape index (κ1) is 64.9. The molecule has 0 aliphatic carbocycles. The molecular weight excluding hydrogens is 1040 g/mol. The van der Waals surface area contributed by atoms with E-state index in [4.69, 9.17) is 61.6 Å². The minimum atomic E-state index is -3.09. The molecule has 0 saturated carbocycles. The molecule has 27 heteroatoms. The standard InChI is InChI=1S/C50H72N2O24Si/c1-27(53)51-41-37(69-31(5)57)22-49(47(62)64-10,68-20-21-77(12,13)14)75-45(41)44(73-35(9)61)40(25-66-24-36-18-16-15-17-19-36)74-50(48(63)65-11)23-38(70-32(6)58)42(52(28(2)54)29(3)55)46(76-50)43(72-34(8)60)39(71-33(7)59)26-67-30(4)56/h15-19,37-46H,20-26H2,1-14H3,(H,51,53)/t37-,38-,39+,40+,41+,42+,43+,44+,45+,46+,49+,50+/m0/s1. The molecule has 1 N–H and O–H groups in total. The van der Waals surface area contributed by atoms with Gasteiger partial charge in [-0.25, -0.2) is 9.59 Å². The highest BCUT2D eigenvalue weighted by molar-refractivity contribution is 6.76. The Morgan fingerprint density at radius 2 is 1.14 bits per heavy atom. The Morgan fingerprint density at radius 3 is 1.62 bits per heavy atom. The van der Waals surface area contributed by atoms with E-state index in [0.717, 1.165) is 76.5 Å². The predicted molar refractivity (Wildman–Crippen MR) is 263 cm³/mol. The van der Waals surface area contributed by atoms with Gasteiger partial charge in [0.25, 0.3) is 11.6 Å². The highest BCUT2D eigenvalue weighted by Crippen LogP contribution is 2.43. The maximum absolute atomic E-state index is 14.9. The fourth-order valence-corrected chi connectivity index (χ4v) is 9.52. The summed E-state index contributed by atoms with van der Waals surface area (Å²) in [6, 6.07) is 5.47. The van der Waals surface area contributed by atoms with E-state index in [9.17, 15) is 52.7 Å². The van der Waals surface area contributed by atoms with Gasteiger partial charge in [-0.15, -0.1) is 0 Å².